The van der Waals surface area contributed by atoms with E-state index in [4.69, 9.17) is 9.47 Å². The molecule has 0 spiro atoms. The molecule has 5 rings (SSSR count). The normalized spacial score (nSPS) is 17.7. The molecule has 3 heterocycles. The molecular formula is C29H32N4O4S. The van der Waals surface area contributed by atoms with E-state index in [9.17, 15) is 9.59 Å². The number of allylic oxidation sites excluding steroid dienone is 1. The highest BCUT2D eigenvalue weighted by atomic mass is 32.1. The van der Waals surface area contributed by atoms with Gasteiger partial charge in [-0.05, 0) is 55.3 Å². The minimum atomic E-state index is -0.618. The number of benzene rings is 2. The summed E-state index contributed by atoms with van der Waals surface area (Å²) in [5.74, 6) is -0.455. The average Bonchev–Trinajstić information content (AvgIpc) is 3.23. The summed E-state index contributed by atoms with van der Waals surface area (Å²) in [5.41, 5.74) is 4.70. The fraction of sp³-hybridized carbons (Fsp3) is 0.345. The SMILES string of the molecule is CCOC(=O)C1=C(C)N=c2s/c(=C/c3ccc(N4CCOCC4)cc3)c(=O)n2[C@H]1c1ccc(N(C)C)cc1. The number of fused-ring (bicyclic) bond motifs is 1. The third-order valence-corrected chi connectivity index (χ3v) is 7.79. The molecule has 2 aliphatic rings. The van der Waals surface area contributed by atoms with Crippen LogP contribution in [0.15, 0.2) is 69.6 Å². The Morgan fingerprint density at radius 3 is 2.45 bits per heavy atom. The van der Waals surface area contributed by atoms with Crippen molar-refractivity contribution in [1.82, 2.24) is 4.57 Å². The molecule has 0 bridgehead atoms. The van der Waals surface area contributed by atoms with Gasteiger partial charge in [-0.25, -0.2) is 9.79 Å². The first-order valence-corrected chi connectivity index (χ1v) is 13.6. The summed E-state index contributed by atoms with van der Waals surface area (Å²) in [7, 11) is 3.94. The third kappa shape index (κ3) is 5.04. The highest BCUT2D eigenvalue weighted by Crippen LogP contribution is 2.31. The number of nitrogens with zero attached hydrogens (tertiary/aromatic N) is 4. The second kappa shape index (κ2) is 11.0. The van der Waals surface area contributed by atoms with Gasteiger partial charge in [0.05, 0.1) is 41.7 Å². The van der Waals surface area contributed by atoms with Crippen LogP contribution in [0.4, 0.5) is 11.4 Å². The molecule has 38 heavy (non-hydrogen) atoms. The quantitative estimate of drug-likeness (QED) is 0.455. The second-order valence-corrected chi connectivity index (χ2v) is 10.5. The number of aromatic nitrogens is 1. The summed E-state index contributed by atoms with van der Waals surface area (Å²) in [5, 5.41) is 0. The van der Waals surface area contributed by atoms with Crippen molar-refractivity contribution in [3.63, 3.8) is 0 Å². The highest BCUT2D eigenvalue weighted by Gasteiger charge is 2.33. The molecule has 1 aromatic heterocycles. The number of hydrogen-bond acceptors (Lipinski definition) is 8. The number of esters is 1. The first-order chi connectivity index (χ1) is 18.4. The van der Waals surface area contributed by atoms with Crippen molar-refractivity contribution in [2.75, 3.05) is 56.8 Å². The molecule has 2 aromatic carbocycles. The number of hydrogen-bond donors (Lipinski definition) is 0. The van der Waals surface area contributed by atoms with Gasteiger partial charge in [0.1, 0.15) is 0 Å². The predicted molar refractivity (Wildman–Crippen MR) is 151 cm³/mol. The third-order valence-electron chi connectivity index (χ3n) is 6.81. The molecule has 0 radical (unpaired) electrons. The minimum absolute atomic E-state index is 0.179. The number of anilines is 2. The van der Waals surface area contributed by atoms with E-state index in [1.807, 2.05) is 61.5 Å². The molecule has 3 aromatic rings. The van der Waals surface area contributed by atoms with E-state index >= 15 is 0 Å². The predicted octanol–water partition coefficient (Wildman–Crippen LogP) is 2.70. The van der Waals surface area contributed by atoms with Crippen LogP contribution in [0, 0.1) is 0 Å². The van der Waals surface area contributed by atoms with Gasteiger partial charge in [-0.2, -0.15) is 0 Å². The van der Waals surface area contributed by atoms with Crippen LogP contribution in [0.25, 0.3) is 6.08 Å². The summed E-state index contributed by atoms with van der Waals surface area (Å²) >= 11 is 1.33. The topological polar surface area (TPSA) is 76.4 Å². The van der Waals surface area contributed by atoms with Crippen LogP contribution in [0.3, 0.4) is 0 Å². The van der Waals surface area contributed by atoms with E-state index in [2.05, 4.69) is 22.0 Å². The summed E-state index contributed by atoms with van der Waals surface area (Å²) in [6.07, 6.45) is 1.89. The van der Waals surface area contributed by atoms with Crippen LogP contribution in [-0.4, -0.2) is 57.5 Å². The number of morpholine rings is 1. The largest absolute Gasteiger partial charge is 0.463 e. The van der Waals surface area contributed by atoms with E-state index < -0.39 is 12.0 Å². The Kier molecular flexibility index (Phi) is 7.49. The van der Waals surface area contributed by atoms with Crippen molar-refractivity contribution in [3.05, 3.63) is 90.6 Å². The average molecular weight is 533 g/mol. The maximum atomic E-state index is 13.8. The molecule has 0 aliphatic carbocycles. The molecule has 0 saturated carbocycles. The summed E-state index contributed by atoms with van der Waals surface area (Å²) < 4.78 is 13.0. The number of ether oxygens (including phenoxy) is 2. The van der Waals surface area contributed by atoms with Crippen molar-refractivity contribution in [3.8, 4) is 0 Å². The van der Waals surface area contributed by atoms with Crippen molar-refractivity contribution in [2.45, 2.75) is 19.9 Å². The summed E-state index contributed by atoms with van der Waals surface area (Å²) in [6, 6.07) is 15.5. The van der Waals surface area contributed by atoms with Gasteiger partial charge >= 0.3 is 5.97 Å². The molecule has 1 fully saturated rings. The zero-order chi connectivity index (χ0) is 26.8. The maximum absolute atomic E-state index is 13.8. The van der Waals surface area contributed by atoms with Crippen molar-refractivity contribution < 1.29 is 14.3 Å². The number of carbonyl (C=O) groups excluding carboxylic acids is 1. The van der Waals surface area contributed by atoms with Crippen LogP contribution in [0.1, 0.15) is 31.0 Å². The van der Waals surface area contributed by atoms with Gasteiger partial charge in [0.2, 0.25) is 0 Å². The van der Waals surface area contributed by atoms with E-state index in [0.717, 1.165) is 48.8 Å². The Labute approximate surface area is 225 Å². The molecule has 0 amide bonds. The molecule has 198 valence electrons. The Morgan fingerprint density at radius 2 is 1.82 bits per heavy atom. The van der Waals surface area contributed by atoms with Gasteiger partial charge in [-0.1, -0.05) is 35.6 Å². The molecule has 0 unspecified atom stereocenters. The van der Waals surface area contributed by atoms with Gasteiger partial charge in [-0.15, -0.1) is 0 Å². The zero-order valence-corrected chi connectivity index (χ0v) is 23.0. The van der Waals surface area contributed by atoms with Crippen LogP contribution < -0.4 is 24.7 Å². The molecular weight excluding hydrogens is 500 g/mol. The monoisotopic (exact) mass is 532 g/mol. The molecule has 0 N–H and O–H groups in total. The zero-order valence-electron chi connectivity index (χ0n) is 22.1. The van der Waals surface area contributed by atoms with E-state index in [0.29, 0.717) is 20.6 Å². The first kappa shape index (κ1) is 25.9. The van der Waals surface area contributed by atoms with Crippen LogP contribution >= 0.6 is 11.3 Å². The van der Waals surface area contributed by atoms with Gasteiger partial charge in [-0.3, -0.25) is 9.36 Å². The Hall–Kier alpha value is -3.69. The van der Waals surface area contributed by atoms with E-state index in [1.54, 1.807) is 18.4 Å². The van der Waals surface area contributed by atoms with Gasteiger partial charge in [0, 0.05) is 38.6 Å². The van der Waals surface area contributed by atoms with Crippen LogP contribution in [0.2, 0.25) is 0 Å². The van der Waals surface area contributed by atoms with Crippen LogP contribution in [0.5, 0.6) is 0 Å². The van der Waals surface area contributed by atoms with E-state index in [1.165, 1.54) is 11.3 Å². The number of carbonyl (C=O) groups is 1. The van der Waals surface area contributed by atoms with Gasteiger partial charge in [0.15, 0.2) is 4.80 Å². The Bertz CT molecular complexity index is 1530. The van der Waals surface area contributed by atoms with Crippen LogP contribution in [-0.2, 0) is 14.3 Å². The molecule has 1 atom stereocenters. The summed E-state index contributed by atoms with van der Waals surface area (Å²) in [6.45, 7) is 7.02. The maximum Gasteiger partial charge on any atom is 0.338 e. The lowest BCUT2D eigenvalue weighted by molar-refractivity contribution is -0.139. The smallest absolute Gasteiger partial charge is 0.338 e. The molecule has 8 nitrogen and oxygen atoms in total. The Balaban J connectivity index is 1.58. The molecule has 9 heteroatoms. The molecule has 1 saturated heterocycles. The van der Waals surface area contributed by atoms with Gasteiger partial charge < -0.3 is 19.3 Å². The standard InChI is InChI=1S/C29H32N4O4S/c1-5-37-28(35)25-19(2)30-29-33(26(25)21-8-12-22(13-9-21)31(3)4)27(34)24(38-29)18-20-6-10-23(11-7-20)32-14-16-36-17-15-32/h6-13,18,26H,5,14-17H2,1-4H3/b24-18+/t26-/m0/s1. The molecule has 2 aliphatic heterocycles. The van der Waals surface area contributed by atoms with Crippen molar-refractivity contribution >= 4 is 34.8 Å². The lowest BCUT2D eigenvalue weighted by Gasteiger charge is -2.28. The first-order valence-electron chi connectivity index (χ1n) is 12.8. The second-order valence-electron chi connectivity index (χ2n) is 9.48. The minimum Gasteiger partial charge on any atom is -0.463 e. The van der Waals surface area contributed by atoms with Crippen molar-refractivity contribution in [1.29, 1.82) is 0 Å². The summed E-state index contributed by atoms with van der Waals surface area (Å²) in [4.78, 5) is 36.4. The van der Waals surface area contributed by atoms with Gasteiger partial charge in [0.25, 0.3) is 5.56 Å². The fourth-order valence-corrected chi connectivity index (χ4v) is 5.86. The van der Waals surface area contributed by atoms with Crippen molar-refractivity contribution in [2.24, 2.45) is 4.99 Å². The van der Waals surface area contributed by atoms with E-state index in [-0.39, 0.29) is 12.2 Å². The highest BCUT2D eigenvalue weighted by molar-refractivity contribution is 7.07. The Morgan fingerprint density at radius 1 is 1.13 bits per heavy atom. The fourth-order valence-electron chi connectivity index (χ4n) is 4.82. The number of thiazole rings is 1. The number of rotatable bonds is 6. The lowest BCUT2D eigenvalue weighted by atomic mass is 9.95. The lowest BCUT2D eigenvalue weighted by Crippen LogP contribution is -2.40.